The summed E-state index contributed by atoms with van der Waals surface area (Å²) in [4.78, 5) is 0. The molecule has 1 aromatic rings. The lowest BCUT2D eigenvalue weighted by Crippen LogP contribution is -2.27. The Balaban J connectivity index is 2.97. The van der Waals surface area contributed by atoms with Crippen molar-refractivity contribution in [2.24, 2.45) is 0 Å². The van der Waals surface area contributed by atoms with Gasteiger partial charge < -0.3 is 5.32 Å². The zero-order valence-electron chi connectivity index (χ0n) is 8.78. The second-order valence-corrected chi connectivity index (χ2v) is 4.27. The molecular formula is C11H14BrF2N. The number of hydrogen-bond donors (Lipinski definition) is 1. The molecule has 0 aromatic heterocycles. The Hall–Kier alpha value is -0.480. The monoisotopic (exact) mass is 277 g/mol. The van der Waals surface area contributed by atoms with E-state index in [1.807, 2.05) is 6.92 Å². The molecule has 1 N–H and O–H groups in total. The van der Waals surface area contributed by atoms with Crippen LogP contribution in [-0.4, -0.2) is 13.1 Å². The Morgan fingerprint density at radius 1 is 1.40 bits per heavy atom. The van der Waals surface area contributed by atoms with Gasteiger partial charge in [0.05, 0.1) is 4.47 Å². The molecule has 0 amide bonds. The third kappa shape index (κ3) is 2.98. The Bertz CT molecular complexity index is 338. The molecule has 1 atom stereocenters. The minimum Gasteiger partial charge on any atom is -0.317 e. The topological polar surface area (TPSA) is 12.0 Å². The molecule has 0 saturated heterocycles. The lowest BCUT2D eigenvalue weighted by molar-refractivity contribution is 0.493. The van der Waals surface area contributed by atoms with Crippen LogP contribution in [0.15, 0.2) is 16.6 Å². The molecule has 1 aromatic carbocycles. The summed E-state index contributed by atoms with van der Waals surface area (Å²) >= 11 is 3.05. The van der Waals surface area contributed by atoms with Crippen molar-refractivity contribution in [3.8, 4) is 0 Å². The van der Waals surface area contributed by atoms with Crippen LogP contribution in [0.25, 0.3) is 0 Å². The standard InChI is InChI=1S/C11H14BrF2N/c1-3-7(15-2)6-8-10(13)5-4-9(12)11(8)14/h4-5,7,15H,3,6H2,1-2H3. The zero-order chi connectivity index (χ0) is 11.4. The Morgan fingerprint density at radius 2 is 2.07 bits per heavy atom. The van der Waals surface area contributed by atoms with Gasteiger partial charge in [0.25, 0.3) is 0 Å². The Labute approximate surface area is 97.0 Å². The molecule has 15 heavy (non-hydrogen) atoms. The van der Waals surface area contributed by atoms with Gasteiger partial charge in [0, 0.05) is 11.6 Å². The number of likely N-dealkylation sites (N-methyl/N-ethyl adjacent to an activating group) is 1. The van der Waals surface area contributed by atoms with Crippen molar-refractivity contribution >= 4 is 15.9 Å². The van der Waals surface area contributed by atoms with E-state index in [4.69, 9.17) is 0 Å². The molecule has 4 heteroatoms. The molecule has 0 heterocycles. The Morgan fingerprint density at radius 3 is 2.60 bits per heavy atom. The number of hydrogen-bond acceptors (Lipinski definition) is 1. The van der Waals surface area contributed by atoms with Gasteiger partial charge in [-0.1, -0.05) is 6.92 Å². The van der Waals surface area contributed by atoms with E-state index >= 15 is 0 Å². The highest BCUT2D eigenvalue weighted by Gasteiger charge is 2.15. The van der Waals surface area contributed by atoms with Gasteiger partial charge in [0.1, 0.15) is 11.6 Å². The third-order valence-corrected chi connectivity index (χ3v) is 3.10. The van der Waals surface area contributed by atoms with E-state index in [1.165, 1.54) is 12.1 Å². The lowest BCUT2D eigenvalue weighted by Gasteiger charge is -2.15. The minimum atomic E-state index is -0.497. The van der Waals surface area contributed by atoms with Crippen LogP contribution in [0, 0.1) is 11.6 Å². The molecule has 0 radical (unpaired) electrons. The van der Waals surface area contributed by atoms with E-state index in [0.29, 0.717) is 10.9 Å². The Kier molecular flexibility index (Phi) is 4.67. The molecule has 0 bridgehead atoms. The van der Waals surface area contributed by atoms with E-state index in [1.54, 1.807) is 7.05 Å². The fourth-order valence-corrected chi connectivity index (χ4v) is 1.82. The van der Waals surface area contributed by atoms with Gasteiger partial charge in [0.15, 0.2) is 0 Å². The van der Waals surface area contributed by atoms with Crippen LogP contribution in [0.5, 0.6) is 0 Å². The lowest BCUT2D eigenvalue weighted by atomic mass is 10.0. The maximum atomic E-state index is 13.6. The summed E-state index contributed by atoms with van der Waals surface area (Å²) in [5.74, 6) is -0.979. The molecule has 1 rings (SSSR count). The average Bonchev–Trinajstić information content (AvgIpc) is 2.24. The second kappa shape index (κ2) is 5.56. The SMILES string of the molecule is CCC(Cc1c(F)ccc(Br)c1F)NC. The van der Waals surface area contributed by atoms with Gasteiger partial charge in [-0.15, -0.1) is 0 Å². The zero-order valence-corrected chi connectivity index (χ0v) is 10.4. The average molecular weight is 278 g/mol. The molecule has 0 aliphatic heterocycles. The summed E-state index contributed by atoms with van der Waals surface area (Å²) in [6, 6.07) is 2.77. The van der Waals surface area contributed by atoms with Crippen LogP contribution in [0.3, 0.4) is 0 Å². The van der Waals surface area contributed by atoms with E-state index in [0.717, 1.165) is 6.42 Å². The predicted octanol–water partition coefficient (Wildman–Crippen LogP) is 3.27. The quantitative estimate of drug-likeness (QED) is 0.833. The molecule has 0 aliphatic rings. The minimum absolute atomic E-state index is 0.100. The molecule has 1 nitrogen and oxygen atoms in total. The smallest absolute Gasteiger partial charge is 0.143 e. The van der Waals surface area contributed by atoms with Gasteiger partial charge in [-0.25, -0.2) is 8.78 Å². The van der Waals surface area contributed by atoms with Gasteiger partial charge in [-0.2, -0.15) is 0 Å². The predicted molar refractivity (Wildman–Crippen MR) is 60.9 cm³/mol. The van der Waals surface area contributed by atoms with Gasteiger partial charge in [-0.05, 0) is 48.0 Å². The second-order valence-electron chi connectivity index (χ2n) is 3.42. The van der Waals surface area contributed by atoms with Crippen LogP contribution in [0.2, 0.25) is 0 Å². The van der Waals surface area contributed by atoms with E-state index in [2.05, 4.69) is 21.2 Å². The van der Waals surface area contributed by atoms with Crippen LogP contribution in [0.1, 0.15) is 18.9 Å². The van der Waals surface area contributed by atoms with Crippen molar-refractivity contribution in [3.63, 3.8) is 0 Å². The van der Waals surface area contributed by atoms with Gasteiger partial charge in [-0.3, -0.25) is 0 Å². The summed E-state index contributed by atoms with van der Waals surface area (Å²) in [5, 5.41) is 3.03. The molecule has 1 unspecified atom stereocenters. The summed E-state index contributed by atoms with van der Waals surface area (Å²) in [7, 11) is 1.79. The van der Waals surface area contributed by atoms with Crippen LogP contribution in [0.4, 0.5) is 8.78 Å². The highest BCUT2D eigenvalue weighted by Crippen LogP contribution is 2.23. The third-order valence-electron chi connectivity index (χ3n) is 2.49. The number of rotatable bonds is 4. The maximum Gasteiger partial charge on any atom is 0.143 e. The van der Waals surface area contributed by atoms with E-state index in [-0.39, 0.29) is 11.6 Å². The largest absolute Gasteiger partial charge is 0.317 e. The van der Waals surface area contributed by atoms with Crippen molar-refractivity contribution in [2.45, 2.75) is 25.8 Å². The number of benzene rings is 1. The molecule has 0 spiro atoms. The van der Waals surface area contributed by atoms with Crippen molar-refractivity contribution < 1.29 is 8.78 Å². The molecule has 0 saturated carbocycles. The van der Waals surface area contributed by atoms with Crippen LogP contribution in [-0.2, 0) is 6.42 Å². The fourth-order valence-electron chi connectivity index (χ4n) is 1.45. The first-order valence-electron chi connectivity index (χ1n) is 4.89. The summed E-state index contributed by atoms with van der Waals surface area (Å²) < 4.78 is 27.3. The van der Waals surface area contributed by atoms with Crippen LogP contribution < -0.4 is 5.32 Å². The highest BCUT2D eigenvalue weighted by molar-refractivity contribution is 9.10. The highest BCUT2D eigenvalue weighted by atomic mass is 79.9. The normalized spacial score (nSPS) is 12.9. The van der Waals surface area contributed by atoms with E-state index in [9.17, 15) is 8.78 Å². The first-order valence-corrected chi connectivity index (χ1v) is 5.69. The van der Waals surface area contributed by atoms with Crippen molar-refractivity contribution in [3.05, 3.63) is 33.8 Å². The number of halogens is 3. The van der Waals surface area contributed by atoms with Crippen molar-refractivity contribution in [1.82, 2.24) is 5.32 Å². The molecular weight excluding hydrogens is 264 g/mol. The maximum absolute atomic E-state index is 13.6. The molecule has 84 valence electrons. The molecule has 0 aliphatic carbocycles. The summed E-state index contributed by atoms with van der Waals surface area (Å²) in [6.45, 7) is 1.98. The van der Waals surface area contributed by atoms with Crippen molar-refractivity contribution in [2.75, 3.05) is 7.05 Å². The summed E-state index contributed by atoms with van der Waals surface area (Å²) in [6.07, 6.45) is 1.20. The first-order chi connectivity index (χ1) is 7.10. The molecule has 0 fully saturated rings. The summed E-state index contributed by atoms with van der Waals surface area (Å²) in [5.41, 5.74) is 0.144. The van der Waals surface area contributed by atoms with Crippen LogP contribution >= 0.6 is 15.9 Å². The number of nitrogens with one attached hydrogen (secondary N) is 1. The van der Waals surface area contributed by atoms with Gasteiger partial charge >= 0.3 is 0 Å². The van der Waals surface area contributed by atoms with Crippen molar-refractivity contribution in [1.29, 1.82) is 0 Å². The first kappa shape index (κ1) is 12.6. The van der Waals surface area contributed by atoms with Gasteiger partial charge in [0.2, 0.25) is 0 Å². The fraction of sp³-hybridized carbons (Fsp3) is 0.455. The van der Waals surface area contributed by atoms with E-state index < -0.39 is 11.6 Å².